The van der Waals surface area contributed by atoms with Gasteiger partial charge in [0.05, 0.1) is 18.6 Å². The summed E-state index contributed by atoms with van der Waals surface area (Å²) >= 11 is 0. The van der Waals surface area contributed by atoms with Crippen LogP contribution in [-0.4, -0.2) is 60.8 Å². The second-order valence-electron chi connectivity index (χ2n) is 10.1. The number of aliphatic imine (C=N–C) groups is 1. The molecule has 181 valence electrons. The fourth-order valence-electron chi connectivity index (χ4n) is 4.22. The maximum atomic E-state index is 13.3. The number of ether oxygens (including phenoxy) is 1. The van der Waals surface area contributed by atoms with Gasteiger partial charge in [-0.05, 0) is 36.5 Å². The predicted molar refractivity (Wildman–Crippen MR) is 133 cm³/mol. The number of carbonyl (C=O) groups excluding carboxylic acids is 3. The lowest BCUT2D eigenvalue weighted by Gasteiger charge is -2.32. The summed E-state index contributed by atoms with van der Waals surface area (Å²) < 4.78 is 5.33. The standard InChI is InChI=1S/C25H34BN4O4/c1-14(17-7-9-18(10-8-17)21-15(2)28-13-26-21)29-23(32)20-11-19(34-16(3)31)12-30(20)24(33)22(27)25(4,5)6/h7-10,13-14,19-20,22H,11-12,27H2,1-6H3,(H,29,32)/t14-,19+,20-,22-/m0/s1. The van der Waals surface area contributed by atoms with Crippen molar-refractivity contribution in [2.45, 2.75) is 72.2 Å². The summed E-state index contributed by atoms with van der Waals surface area (Å²) in [5.41, 5.74) is 9.78. The lowest BCUT2D eigenvalue weighted by Crippen LogP contribution is -2.55. The topological polar surface area (TPSA) is 114 Å². The van der Waals surface area contributed by atoms with Crippen LogP contribution in [0.15, 0.2) is 35.0 Å². The molecule has 0 aliphatic carbocycles. The molecule has 2 aliphatic heterocycles. The summed E-state index contributed by atoms with van der Waals surface area (Å²) in [5.74, 6) is -1.06. The largest absolute Gasteiger partial charge is 0.461 e. The molecular weight excluding hydrogens is 431 g/mol. The Kier molecular flexibility index (Phi) is 7.65. The number of nitrogens with one attached hydrogen (secondary N) is 1. The molecular formula is C25H34BN4O4. The van der Waals surface area contributed by atoms with E-state index in [1.165, 1.54) is 11.8 Å². The first-order chi connectivity index (χ1) is 15.9. The van der Waals surface area contributed by atoms with Crippen molar-refractivity contribution in [2.75, 3.05) is 6.54 Å². The average molecular weight is 465 g/mol. The lowest BCUT2D eigenvalue weighted by atomic mass is 9.69. The summed E-state index contributed by atoms with van der Waals surface area (Å²) in [4.78, 5) is 43.6. The molecule has 0 unspecified atom stereocenters. The molecule has 3 N–H and O–H groups in total. The molecule has 1 radical (unpaired) electrons. The smallest absolute Gasteiger partial charge is 0.302 e. The van der Waals surface area contributed by atoms with Crippen molar-refractivity contribution in [1.82, 2.24) is 10.2 Å². The van der Waals surface area contributed by atoms with Crippen LogP contribution in [0.25, 0.3) is 5.47 Å². The molecule has 1 fully saturated rings. The van der Waals surface area contributed by atoms with Gasteiger partial charge in [0.2, 0.25) is 19.1 Å². The molecule has 1 saturated heterocycles. The van der Waals surface area contributed by atoms with E-state index in [1.54, 1.807) is 6.11 Å². The normalized spacial score (nSPS) is 21.8. The summed E-state index contributed by atoms with van der Waals surface area (Å²) in [5, 5.41) is 3.01. The van der Waals surface area contributed by atoms with Crippen molar-refractivity contribution in [2.24, 2.45) is 16.1 Å². The maximum absolute atomic E-state index is 13.3. The van der Waals surface area contributed by atoms with Gasteiger partial charge in [0, 0.05) is 19.0 Å². The quantitative estimate of drug-likeness (QED) is 0.494. The van der Waals surface area contributed by atoms with Gasteiger partial charge in [-0.15, -0.1) is 0 Å². The zero-order valence-corrected chi connectivity index (χ0v) is 20.8. The van der Waals surface area contributed by atoms with Gasteiger partial charge in [0.15, 0.2) is 0 Å². The maximum Gasteiger partial charge on any atom is 0.302 e. The Hall–Kier alpha value is -2.94. The second kappa shape index (κ2) is 10.1. The van der Waals surface area contributed by atoms with Crippen molar-refractivity contribution in [3.05, 3.63) is 41.1 Å². The van der Waals surface area contributed by atoms with Gasteiger partial charge in [0.25, 0.3) is 0 Å². The van der Waals surface area contributed by atoms with E-state index in [0.29, 0.717) is 0 Å². The fourth-order valence-corrected chi connectivity index (χ4v) is 4.22. The first-order valence-electron chi connectivity index (χ1n) is 11.6. The van der Waals surface area contributed by atoms with Crippen molar-refractivity contribution in [3.8, 4) is 0 Å². The number of allylic oxidation sites excluding steroid dienone is 1. The van der Waals surface area contributed by atoms with E-state index < -0.39 is 29.6 Å². The number of carbonyl (C=O) groups is 3. The Balaban J connectivity index is 1.72. The number of amides is 2. The van der Waals surface area contributed by atoms with Crippen LogP contribution in [0.5, 0.6) is 0 Å². The third kappa shape index (κ3) is 5.76. The Bertz CT molecular complexity index is 1010. The second-order valence-corrected chi connectivity index (χ2v) is 10.1. The first kappa shape index (κ1) is 25.7. The number of likely N-dealkylation sites (tertiary alicyclic amines) is 1. The van der Waals surface area contributed by atoms with E-state index >= 15 is 0 Å². The SMILES string of the molecule is CC(=O)O[C@@H]1C[C@@H](C(=O)N[C@@H](C)c2ccc(C3=C(C)N=C[B]3)cc2)N(C(=O)[C@H](N)C(C)(C)C)C1. The van der Waals surface area contributed by atoms with E-state index in [-0.39, 0.29) is 30.8 Å². The van der Waals surface area contributed by atoms with E-state index in [1.807, 2.05) is 66.2 Å². The number of benzene rings is 1. The van der Waals surface area contributed by atoms with E-state index in [4.69, 9.17) is 10.5 Å². The molecule has 0 spiro atoms. The van der Waals surface area contributed by atoms with Gasteiger partial charge in [-0.25, -0.2) is 0 Å². The lowest BCUT2D eigenvalue weighted by molar-refractivity contribution is -0.147. The summed E-state index contributed by atoms with van der Waals surface area (Å²) in [6.45, 7) is 11.0. The van der Waals surface area contributed by atoms with Crippen molar-refractivity contribution in [3.63, 3.8) is 0 Å². The van der Waals surface area contributed by atoms with Crippen molar-refractivity contribution < 1.29 is 19.1 Å². The average Bonchev–Trinajstić information content (AvgIpc) is 3.37. The Labute approximate surface area is 202 Å². The van der Waals surface area contributed by atoms with Crippen LogP contribution in [0, 0.1) is 5.41 Å². The van der Waals surface area contributed by atoms with Crippen LogP contribution in [0.1, 0.15) is 65.1 Å². The van der Waals surface area contributed by atoms with Crippen LogP contribution in [-0.2, 0) is 19.1 Å². The van der Waals surface area contributed by atoms with Crippen LogP contribution >= 0.6 is 0 Å². The van der Waals surface area contributed by atoms with Gasteiger partial charge < -0.3 is 20.7 Å². The Morgan fingerprint density at radius 1 is 1.24 bits per heavy atom. The highest BCUT2D eigenvalue weighted by Gasteiger charge is 2.44. The molecule has 4 atom stereocenters. The zero-order valence-electron chi connectivity index (χ0n) is 20.8. The first-order valence-corrected chi connectivity index (χ1v) is 11.6. The van der Waals surface area contributed by atoms with Crippen LogP contribution in [0.3, 0.4) is 0 Å². The minimum atomic E-state index is -0.780. The molecule has 34 heavy (non-hydrogen) atoms. The molecule has 2 heterocycles. The minimum absolute atomic E-state index is 0.149. The number of esters is 1. The fraction of sp³-hybridized carbons (Fsp3) is 0.520. The molecule has 9 heteroatoms. The molecule has 0 saturated carbocycles. The zero-order chi connectivity index (χ0) is 25.2. The summed E-state index contributed by atoms with van der Waals surface area (Å²) in [6, 6.07) is 6.14. The van der Waals surface area contributed by atoms with Gasteiger partial charge in [-0.2, -0.15) is 0 Å². The van der Waals surface area contributed by atoms with Gasteiger partial charge in [-0.3, -0.25) is 19.4 Å². The molecule has 3 rings (SSSR count). The molecule has 1 aromatic rings. The van der Waals surface area contributed by atoms with Crippen LogP contribution < -0.4 is 11.1 Å². The number of rotatable bonds is 6. The molecule has 8 nitrogen and oxygen atoms in total. The van der Waals surface area contributed by atoms with E-state index in [2.05, 4.69) is 10.3 Å². The van der Waals surface area contributed by atoms with Gasteiger partial charge in [0.1, 0.15) is 12.1 Å². The number of nitrogens with zero attached hydrogens (tertiary/aromatic N) is 2. The van der Waals surface area contributed by atoms with Crippen molar-refractivity contribution in [1.29, 1.82) is 0 Å². The number of nitrogens with two attached hydrogens (primary N) is 1. The summed E-state index contributed by atoms with van der Waals surface area (Å²) in [7, 11) is 1.98. The van der Waals surface area contributed by atoms with E-state index in [0.717, 1.165) is 22.3 Å². The van der Waals surface area contributed by atoms with Crippen LogP contribution in [0.2, 0.25) is 0 Å². The monoisotopic (exact) mass is 465 g/mol. The molecule has 2 amide bonds. The number of hydrogen-bond acceptors (Lipinski definition) is 6. The third-order valence-corrected chi connectivity index (χ3v) is 6.36. The van der Waals surface area contributed by atoms with Crippen molar-refractivity contribution >= 4 is 36.6 Å². The predicted octanol–water partition coefficient (Wildman–Crippen LogP) is 2.20. The van der Waals surface area contributed by atoms with E-state index in [9.17, 15) is 14.4 Å². The van der Waals surface area contributed by atoms with Gasteiger partial charge >= 0.3 is 5.97 Å². The van der Waals surface area contributed by atoms with Crippen LogP contribution in [0.4, 0.5) is 0 Å². The molecule has 2 aliphatic rings. The minimum Gasteiger partial charge on any atom is -0.461 e. The third-order valence-electron chi connectivity index (χ3n) is 6.36. The summed E-state index contributed by atoms with van der Waals surface area (Å²) in [6.07, 6.45) is 1.48. The molecule has 0 aromatic heterocycles. The number of hydrogen-bond donors (Lipinski definition) is 2. The Morgan fingerprint density at radius 2 is 1.88 bits per heavy atom. The van der Waals surface area contributed by atoms with Gasteiger partial charge in [-0.1, -0.05) is 50.5 Å². The highest BCUT2D eigenvalue weighted by Crippen LogP contribution is 2.27. The highest BCUT2D eigenvalue weighted by molar-refractivity contribution is 6.85. The Morgan fingerprint density at radius 3 is 2.41 bits per heavy atom. The highest BCUT2D eigenvalue weighted by atomic mass is 16.5. The molecule has 0 bridgehead atoms. The molecule has 1 aromatic carbocycles.